The summed E-state index contributed by atoms with van der Waals surface area (Å²) in [5, 5.41) is 18.6. The Morgan fingerprint density at radius 3 is 1.49 bits per heavy atom. The van der Waals surface area contributed by atoms with E-state index in [1.807, 2.05) is 67.0 Å². The first-order chi connectivity index (χ1) is 33.9. The molecule has 8 aromatic rings. The summed E-state index contributed by atoms with van der Waals surface area (Å²) in [6, 6.07) is 29.4. The van der Waals surface area contributed by atoms with Crippen LogP contribution in [0.1, 0.15) is 33.6 Å². The smallest absolute Gasteiger partial charge is 0.444 e. The largest absolute Gasteiger partial charge is 0.471 e. The number of aromatic nitrogens is 6. The number of para-hydroxylation sites is 2. The van der Waals surface area contributed by atoms with E-state index in [2.05, 4.69) is 56.5 Å². The van der Waals surface area contributed by atoms with Crippen LogP contribution in [0.5, 0.6) is 0 Å². The molecular formula is C49H45Cl2F3N12O5. The second-order valence-corrected chi connectivity index (χ2v) is 17.3. The first kappa shape index (κ1) is 50.6. The highest BCUT2D eigenvalue weighted by Gasteiger charge is 2.38. The average Bonchev–Trinajstić information content (AvgIpc) is 3.95. The molecule has 71 heavy (non-hydrogen) atoms. The molecule has 0 spiro atoms. The number of hydrogen-bond donors (Lipinski definition) is 8. The number of aromatic amines is 2. The zero-order valence-electron chi connectivity index (χ0n) is 38.1. The molecule has 4 amide bonds. The number of alkyl carbamates (subject to hydrolysis) is 1. The Morgan fingerprint density at radius 2 is 1.04 bits per heavy atom. The highest BCUT2D eigenvalue weighted by Crippen LogP contribution is 2.34. The molecule has 22 heteroatoms. The number of fused-ring (bicyclic) bond motifs is 2. The number of nitrogens with zero attached hydrogens (tertiary/aromatic N) is 4. The van der Waals surface area contributed by atoms with Crippen LogP contribution >= 0.6 is 23.2 Å². The highest BCUT2D eigenvalue weighted by atomic mass is 35.5. The van der Waals surface area contributed by atoms with Crippen molar-refractivity contribution in [2.45, 2.75) is 45.4 Å². The van der Waals surface area contributed by atoms with Gasteiger partial charge in [-0.1, -0.05) is 71.7 Å². The molecule has 0 aliphatic heterocycles. The van der Waals surface area contributed by atoms with E-state index in [4.69, 9.17) is 27.9 Å². The van der Waals surface area contributed by atoms with Gasteiger partial charge in [0.1, 0.15) is 5.60 Å². The van der Waals surface area contributed by atoms with Crippen molar-refractivity contribution < 1.29 is 37.1 Å². The van der Waals surface area contributed by atoms with Gasteiger partial charge in [0.15, 0.2) is 0 Å². The van der Waals surface area contributed by atoms with Gasteiger partial charge in [-0.3, -0.25) is 14.4 Å². The van der Waals surface area contributed by atoms with Crippen molar-refractivity contribution in [3.05, 3.63) is 132 Å². The van der Waals surface area contributed by atoms with Gasteiger partial charge >= 0.3 is 18.2 Å². The number of alkyl halides is 3. The maximum Gasteiger partial charge on any atom is 0.471 e. The van der Waals surface area contributed by atoms with Crippen LogP contribution < -0.4 is 31.9 Å². The van der Waals surface area contributed by atoms with E-state index in [1.54, 1.807) is 74.7 Å². The lowest BCUT2D eigenvalue weighted by molar-refractivity contribution is -0.173. The number of carbonyl (C=O) groups excluding carboxylic acids is 4. The topological polar surface area (TPSA) is 233 Å². The minimum absolute atomic E-state index is 0.102. The molecule has 0 aliphatic rings. The SMILES string of the molecule is CC(C)(C)OC(=O)NCCC(=O)Nc1cccc(Nc2ncc(Cl)c(-c3c[nH]c4ccccc34)n2)c1.O=C(CCNC(=O)C(F)(F)F)Nc1cccc(Nc2ncc(Cl)c(-c3c[nH]c4ccccc34)n2)c1. The summed E-state index contributed by atoms with van der Waals surface area (Å²) in [4.78, 5) is 70.9. The van der Waals surface area contributed by atoms with Crippen LogP contribution in [-0.2, 0) is 19.1 Å². The standard InChI is InChI=1S/C26H27ClN6O3.C23H18ClF3N6O2/c1-26(2,3)36-25(35)28-12-11-22(34)31-16-7-6-8-17(13-16)32-24-30-15-20(27)23(33-24)19-14-29-21-10-5-4-9-18(19)21;24-17-12-30-22(33-20(17)16-11-29-18-7-2-1-6-15(16)18)32-14-5-3-4-13(10-14)31-19(34)8-9-28-21(35)23(25,26)27/h4-10,13-15,29H,11-12H2,1-3H3,(H,28,35)(H,31,34)(H,30,32,33);1-7,10-12,29H,8-9H2,(H,28,35)(H,31,34)(H,30,32,33). The van der Waals surface area contributed by atoms with Gasteiger partial charge in [0.05, 0.1) is 33.8 Å². The van der Waals surface area contributed by atoms with Gasteiger partial charge in [-0.2, -0.15) is 13.2 Å². The summed E-state index contributed by atoms with van der Waals surface area (Å²) in [6.45, 7) is 5.04. The van der Waals surface area contributed by atoms with E-state index in [9.17, 15) is 32.3 Å². The predicted molar refractivity (Wildman–Crippen MR) is 268 cm³/mol. The number of hydrogen-bond acceptors (Lipinski definition) is 11. The molecule has 8 rings (SSSR count). The van der Waals surface area contributed by atoms with Gasteiger partial charge < -0.3 is 46.6 Å². The van der Waals surface area contributed by atoms with Gasteiger partial charge in [-0.25, -0.2) is 24.7 Å². The van der Waals surface area contributed by atoms with E-state index in [0.29, 0.717) is 50.1 Å². The Labute approximate surface area is 413 Å². The average molecular weight is 1010 g/mol. The Bertz CT molecular complexity index is 3210. The highest BCUT2D eigenvalue weighted by molar-refractivity contribution is 6.33. The van der Waals surface area contributed by atoms with Crippen LogP contribution in [0.25, 0.3) is 44.3 Å². The maximum atomic E-state index is 12.3. The van der Waals surface area contributed by atoms with E-state index < -0.39 is 36.2 Å². The van der Waals surface area contributed by atoms with Crippen molar-refractivity contribution in [2.24, 2.45) is 0 Å². The second-order valence-electron chi connectivity index (χ2n) is 16.5. The molecule has 0 saturated carbocycles. The normalized spacial score (nSPS) is 11.3. The summed E-state index contributed by atoms with van der Waals surface area (Å²) in [6.07, 6.45) is 0.947. The van der Waals surface area contributed by atoms with E-state index >= 15 is 0 Å². The Morgan fingerprint density at radius 1 is 0.606 bits per heavy atom. The summed E-state index contributed by atoms with van der Waals surface area (Å²) in [7, 11) is 0. The summed E-state index contributed by atoms with van der Waals surface area (Å²) in [5.74, 6) is -2.26. The molecule has 0 radical (unpaired) electrons. The molecule has 4 heterocycles. The third kappa shape index (κ3) is 14.2. The van der Waals surface area contributed by atoms with Crippen molar-refractivity contribution in [2.75, 3.05) is 34.4 Å². The van der Waals surface area contributed by atoms with Crippen molar-refractivity contribution >= 4 is 103 Å². The molecule has 4 aromatic carbocycles. The third-order valence-electron chi connectivity index (χ3n) is 9.90. The molecule has 366 valence electrons. The van der Waals surface area contributed by atoms with Crippen LogP contribution in [0, 0.1) is 0 Å². The Hall–Kier alpha value is -8.23. The van der Waals surface area contributed by atoms with Crippen molar-refractivity contribution in [3.8, 4) is 22.5 Å². The number of amides is 4. The van der Waals surface area contributed by atoms with Crippen LogP contribution in [0.4, 0.5) is 52.6 Å². The Balaban J connectivity index is 0.000000209. The zero-order valence-corrected chi connectivity index (χ0v) is 39.6. The molecule has 0 saturated heterocycles. The minimum atomic E-state index is -4.99. The number of nitrogens with one attached hydrogen (secondary N) is 8. The number of halogens is 5. The quantitative estimate of drug-likeness (QED) is 0.0510. The fourth-order valence-corrected chi connectivity index (χ4v) is 7.19. The van der Waals surface area contributed by atoms with Crippen LogP contribution in [0.15, 0.2) is 122 Å². The Kier molecular flexibility index (Phi) is 16.0. The summed E-state index contributed by atoms with van der Waals surface area (Å²) < 4.78 is 41.8. The van der Waals surface area contributed by atoms with Crippen molar-refractivity contribution in [1.29, 1.82) is 0 Å². The van der Waals surface area contributed by atoms with Gasteiger partial charge in [0.2, 0.25) is 23.7 Å². The molecule has 0 fully saturated rings. The lowest BCUT2D eigenvalue weighted by Crippen LogP contribution is -2.38. The third-order valence-corrected chi connectivity index (χ3v) is 10.5. The molecule has 0 atom stereocenters. The van der Waals surface area contributed by atoms with Crippen LogP contribution in [0.2, 0.25) is 10.0 Å². The van der Waals surface area contributed by atoms with E-state index in [1.165, 1.54) is 6.20 Å². The fourth-order valence-electron chi connectivity index (χ4n) is 6.80. The number of carbonyl (C=O) groups is 4. The van der Waals surface area contributed by atoms with Crippen molar-refractivity contribution in [1.82, 2.24) is 40.5 Å². The van der Waals surface area contributed by atoms with Gasteiger partial charge in [-0.15, -0.1) is 0 Å². The molecule has 8 N–H and O–H groups in total. The fraction of sp³-hybridized carbons (Fsp3) is 0.184. The lowest BCUT2D eigenvalue weighted by Gasteiger charge is -2.19. The minimum Gasteiger partial charge on any atom is -0.444 e. The van der Waals surface area contributed by atoms with Crippen molar-refractivity contribution in [3.63, 3.8) is 0 Å². The first-order valence-electron chi connectivity index (χ1n) is 21.7. The second kappa shape index (κ2) is 22.5. The van der Waals surface area contributed by atoms with Gasteiger partial charge in [-0.05, 0) is 69.3 Å². The van der Waals surface area contributed by atoms with Crippen LogP contribution in [0.3, 0.4) is 0 Å². The molecular weight excluding hydrogens is 965 g/mol. The van der Waals surface area contributed by atoms with E-state index in [0.717, 1.165) is 32.9 Å². The predicted octanol–water partition coefficient (Wildman–Crippen LogP) is 10.9. The number of H-pyrrole nitrogens is 2. The summed E-state index contributed by atoms with van der Waals surface area (Å²) >= 11 is 12.8. The molecule has 0 bridgehead atoms. The van der Waals surface area contributed by atoms with Gasteiger partial charge in [0.25, 0.3) is 0 Å². The molecule has 0 unspecified atom stereocenters. The molecule has 17 nitrogen and oxygen atoms in total. The number of rotatable bonds is 14. The maximum absolute atomic E-state index is 12.3. The number of benzene rings is 4. The zero-order chi connectivity index (χ0) is 50.7. The van der Waals surface area contributed by atoms with Crippen LogP contribution in [-0.4, -0.2) is 78.6 Å². The lowest BCUT2D eigenvalue weighted by atomic mass is 10.1. The molecule has 4 aromatic heterocycles. The number of anilines is 6. The first-order valence-corrected chi connectivity index (χ1v) is 22.5. The monoisotopic (exact) mass is 1010 g/mol. The molecule has 0 aliphatic carbocycles. The van der Waals surface area contributed by atoms with E-state index in [-0.39, 0.29) is 31.2 Å². The summed E-state index contributed by atoms with van der Waals surface area (Å²) in [5.41, 5.74) is 6.39. The van der Waals surface area contributed by atoms with Gasteiger partial charge in [0, 0.05) is 94.0 Å². The number of ether oxygens (including phenoxy) is 1.